The van der Waals surface area contributed by atoms with Crippen molar-refractivity contribution in [2.24, 2.45) is 5.73 Å². The number of nitrogens with one attached hydrogen (secondary N) is 1. The van der Waals surface area contributed by atoms with Crippen LogP contribution in [0.5, 0.6) is 0 Å². The zero-order chi connectivity index (χ0) is 13.9. The molecule has 1 aromatic carbocycles. The van der Waals surface area contributed by atoms with Crippen molar-refractivity contribution in [3.63, 3.8) is 0 Å². The van der Waals surface area contributed by atoms with Crippen LogP contribution in [0.15, 0.2) is 30.3 Å². The average molecular weight is 264 g/mol. The standard InChI is InChI=1S/C15H24N2O2/c1-2-11-19-12-9-15(18)17-10-8-14(16)13-6-4-3-5-7-13/h3-7,14H,2,8-12,16H2,1H3,(H,17,18). The van der Waals surface area contributed by atoms with E-state index in [-0.39, 0.29) is 11.9 Å². The second-order valence-corrected chi connectivity index (χ2v) is 4.52. The largest absolute Gasteiger partial charge is 0.381 e. The Kier molecular flexibility index (Phi) is 7.86. The molecule has 0 spiro atoms. The topological polar surface area (TPSA) is 64.3 Å². The van der Waals surface area contributed by atoms with Gasteiger partial charge in [-0.1, -0.05) is 37.3 Å². The van der Waals surface area contributed by atoms with Crippen molar-refractivity contribution < 1.29 is 9.53 Å². The summed E-state index contributed by atoms with van der Waals surface area (Å²) >= 11 is 0. The van der Waals surface area contributed by atoms with Gasteiger partial charge in [-0.15, -0.1) is 0 Å². The Labute approximate surface area is 115 Å². The Balaban J connectivity index is 2.11. The van der Waals surface area contributed by atoms with E-state index in [2.05, 4.69) is 5.32 Å². The number of amides is 1. The van der Waals surface area contributed by atoms with Gasteiger partial charge in [-0.3, -0.25) is 4.79 Å². The minimum atomic E-state index is -0.0298. The smallest absolute Gasteiger partial charge is 0.222 e. The summed E-state index contributed by atoms with van der Waals surface area (Å²) in [7, 11) is 0. The molecule has 0 bridgehead atoms. The van der Waals surface area contributed by atoms with Crippen molar-refractivity contribution >= 4 is 5.91 Å². The van der Waals surface area contributed by atoms with Crippen LogP contribution in [0.4, 0.5) is 0 Å². The summed E-state index contributed by atoms with van der Waals surface area (Å²) in [6.45, 7) is 3.85. The molecule has 0 radical (unpaired) electrons. The summed E-state index contributed by atoms with van der Waals surface area (Å²) in [5.74, 6) is 0.0244. The van der Waals surface area contributed by atoms with Gasteiger partial charge < -0.3 is 15.8 Å². The molecule has 0 aromatic heterocycles. The van der Waals surface area contributed by atoms with Gasteiger partial charge >= 0.3 is 0 Å². The maximum atomic E-state index is 11.5. The third kappa shape index (κ3) is 6.94. The van der Waals surface area contributed by atoms with Gasteiger partial charge in [0.1, 0.15) is 0 Å². The molecule has 0 heterocycles. The van der Waals surface area contributed by atoms with Crippen LogP contribution in [0.3, 0.4) is 0 Å². The van der Waals surface area contributed by atoms with Crippen LogP contribution < -0.4 is 11.1 Å². The number of hydrogen-bond acceptors (Lipinski definition) is 3. The highest BCUT2D eigenvalue weighted by Crippen LogP contribution is 2.12. The van der Waals surface area contributed by atoms with Crippen molar-refractivity contribution in [2.75, 3.05) is 19.8 Å². The Bertz CT molecular complexity index is 354. The summed E-state index contributed by atoms with van der Waals surface area (Å²) in [4.78, 5) is 11.5. The summed E-state index contributed by atoms with van der Waals surface area (Å²) in [5.41, 5.74) is 7.14. The van der Waals surface area contributed by atoms with Crippen molar-refractivity contribution in [1.82, 2.24) is 5.32 Å². The van der Waals surface area contributed by atoms with Crippen molar-refractivity contribution in [3.8, 4) is 0 Å². The molecule has 0 aliphatic heterocycles. The predicted octanol–water partition coefficient (Wildman–Crippen LogP) is 2.01. The summed E-state index contributed by atoms with van der Waals surface area (Å²) in [6, 6.07) is 9.89. The highest BCUT2D eigenvalue weighted by molar-refractivity contribution is 5.75. The Morgan fingerprint density at radius 3 is 2.74 bits per heavy atom. The summed E-state index contributed by atoms with van der Waals surface area (Å²) in [6.07, 6.45) is 2.14. The third-order valence-corrected chi connectivity index (χ3v) is 2.83. The number of hydrogen-bond donors (Lipinski definition) is 2. The van der Waals surface area contributed by atoms with Gasteiger partial charge in [-0.2, -0.15) is 0 Å². The van der Waals surface area contributed by atoms with Crippen LogP contribution in [0, 0.1) is 0 Å². The second-order valence-electron chi connectivity index (χ2n) is 4.52. The molecule has 106 valence electrons. The van der Waals surface area contributed by atoms with Crippen LogP contribution in [0.1, 0.15) is 37.8 Å². The molecule has 1 unspecified atom stereocenters. The second kappa shape index (κ2) is 9.53. The normalized spacial score (nSPS) is 12.1. The highest BCUT2D eigenvalue weighted by atomic mass is 16.5. The molecule has 4 heteroatoms. The van der Waals surface area contributed by atoms with Crippen molar-refractivity contribution in [1.29, 1.82) is 0 Å². The quantitative estimate of drug-likeness (QED) is 0.671. The van der Waals surface area contributed by atoms with E-state index in [1.165, 1.54) is 0 Å². The molecule has 0 fully saturated rings. The van der Waals surface area contributed by atoms with Gasteiger partial charge in [0, 0.05) is 25.6 Å². The minimum absolute atomic E-state index is 0.0244. The summed E-state index contributed by atoms with van der Waals surface area (Å²) in [5, 5.41) is 2.86. The number of carbonyl (C=O) groups excluding carboxylic acids is 1. The molecule has 1 atom stereocenters. The first-order valence-electron chi connectivity index (χ1n) is 6.89. The average Bonchev–Trinajstić information content (AvgIpc) is 2.44. The number of carbonyl (C=O) groups is 1. The minimum Gasteiger partial charge on any atom is -0.381 e. The van der Waals surface area contributed by atoms with Crippen molar-refractivity contribution in [3.05, 3.63) is 35.9 Å². The van der Waals surface area contributed by atoms with Gasteiger partial charge in [-0.25, -0.2) is 0 Å². The number of rotatable bonds is 9. The van der Waals surface area contributed by atoms with Gasteiger partial charge in [0.2, 0.25) is 5.91 Å². The van der Waals surface area contributed by atoms with Crippen LogP contribution >= 0.6 is 0 Å². The molecule has 3 N–H and O–H groups in total. The predicted molar refractivity (Wildman–Crippen MR) is 76.7 cm³/mol. The maximum Gasteiger partial charge on any atom is 0.222 e. The molecule has 4 nitrogen and oxygen atoms in total. The number of benzene rings is 1. The molecule has 1 aromatic rings. The van der Waals surface area contributed by atoms with Crippen LogP contribution in [-0.2, 0) is 9.53 Å². The fourth-order valence-corrected chi connectivity index (χ4v) is 1.73. The SMILES string of the molecule is CCCOCCC(=O)NCCC(N)c1ccccc1. The molecule has 0 saturated heterocycles. The molecular formula is C15H24N2O2. The molecular weight excluding hydrogens is 240 g/mol. The van der Waals surface area contributed by atoms with E-state index in [1.807, 2.05) is 37.3 Å². The lowest BCUT2D eigenvalue weighted by atomic mass is 10.1. The first-order valence-corrected chi connectivity index (χ1v) is 6.89. The van der Waals surface area contributed by atoms with E-state index < -0.39 is 0 Å². The van der Waals surface area contributed by atoms with Crippen LogP contribution in [-0.4, -0.2) is 25.7 Å². The zero-order valence-electron chi connectivity index (χ0n) is 11.6. The zero-order valence-corrected chi connectivity index (χ0v) is 11.6. The van der Waals surface area contributed by atoms with E-state index in [1.54, 1.807) is 0 Å². The lowest BCUT2D eigenvalue weighted by Crippen LogP contribution is -2.28. The van der Waals surface area contributed by atoms with E-state index in [0.29, 0.717) is 26.2 Å². The maximum absolute atomic E-state index is 11.5. The molecule has 1 amide bonds. The molecule has 19 heavy (non-hydrogen) atoms. The molecule has 0 aliphatic carbocycles. The van der Waals surface area contributed by atoms with Crippen molar-refractivity contribution in [2.45, 2.75) is 32.2 Å². The fraction of sp³-hybridized carbons (Fsp3) is 0.533. The van der Waals surface area contributed by atoms with Crippen LogP contribution in [0.25, 0.3) is 0 Å². The van der Waals surface area contributed by atoms with Gasteiger partial charge in [0.05, 0.1) is 6.61 Å². The first-order chi connectivity index (χ1) is 9.24. The molecule has 1 rings (SSSR count). The van der Waals surface area contributed by atoms with Gasteiger partial charge in [0.25, 0.3) is 0 Å². The lowest BCUT2D eigenvalue weighted by Gasteiger charge is -2.12. The first kappa shape index (κ1) is 15.7. The van der Waals surface area contributed by atoms with E-state index >= 15 is 0 Å². The van der Waals surface area contributed by atoms with Gasteiger partial charge in [0.15, 0.2) is 0 Å². The summed E-state index contributed by atoms with van der Waals surface area (Å²) < 4.78 is 5.26. The van der Waals surface area contributed by atoms with E-state index in [9.17, 15) is 4.79 Å². The number of ether oxygens (including phenoxy) is 1. The fourth-order valence-electron chi connectivity index (χ4n) is 1.73. The van der Waals surface area contributed by atoms with E-state index in [4.69, 9.17) is 10.5 Å². The Morgan fingerprint density at radius 1 is 1.32 bits per heavy atom. The lowest BCUT2D eigenvalue weighted by molar-refractivity contribution is -0.122. The van der Waals surface area contributed by atoms with Crippen LogP contribution in [0.2, 0.25) is 0 Å². The Morgan fingerprint density at radius 2 is 2.05 bits per heavy atom. The number of nitrogens with two attached hydrogens (primary N) is 1. The molecule has 0 saturated carbocycles. The highest BCUT2D eigenvalue weighted by Gasteiger charge is 2.06. The van der Waals surface area contributed by atoms with E-state index in [0.717, 1.165) is 18.4 Å². The molecule has 0 aliphatic rings. The monoisotopic (exact) mass is 264 g/mol. The van der Waals surface area contributed by atoms with Gasteiger partial charge in [-0.05, 0) is 18.4 Å². The Hall–Kier alpha value is -1.39. The third-order valence-electron chi connectivity index (χ3n) is 2.83.